The van der Waals surface area contributed by atoms with Gasteiger partial charge in [0.05, 0.1) is 0 Å². The topological polar surface area (TPSA) is 58.6 Å². The quantitative estimate of drug-likeness (QED) is 0.654. The first-order chi connectivity index (χ1) is 9.46. The van der Waals surface area contributed by atoms with Gasteiger partial charge in [0, 0.05) is 38.3 Å². The smallest absolute Gasteiger partial charge is 0.358 e. The van der Waals surface area contributed by atoms with Gasteiger partial charge in [-0.1, -0.05) is 9.81 Å². The molecule has 0 saturated carbocycles. The second-order valence-corrected chi connectivity index (χ2v) is 5.47. The number of halogens is 1. The molecule has 1 fully saturated rings. The Morgan fingerprint density at radius 1 is 1.35 bits per heavy atom. The summed E-state index contributed by atoms with van der Waals surface area (Å²) in [6.07, 6.45) is 5.31. The van der Waals surface area contributed by atoms with Gasteiger partial charge in [0.25, 0.3) is 0 Å². The molecule has 108 valence electrons. The zero-order chi connectivity index (χ0) is 14.6. The van der Waals surface area contributed by atoms with Gasteiger partial charge in [-0.3, -0.25) is 4.90 Å². The average Bonchev–Trinajstić information content (AvgIpc) is 2.37. The fourth-order valence-corrected chi connectivity index (χ4v) is 2.45. The van der Waals surface area contributed by atoms with E-state index in [9.17, 15) is 12.3 Å². The van der Waals surface area contributed by atoms with Crippen molar-refractivity contribution in [3.05, 3.63) is 29.3 Å². The van der Waals surface area contributed by atoms with Gasteiger partial charge in [-0.15, -0.1) is 6.42 Å². The maximum Gasteiger partial charge on any atom is 0.488 e. The number of piperazine rings is 1. The molecule has 0 amide bonds. The summed E-state index contributed by atoms with van der Waals surface area (Å²) >= 11 is 0. The Kier molecular flexibility index (Phi) is 4.60. The highest BCUT2D eigenvalue weighted by Gasteiger charge is 2.14. The molecule has 0 aromatic heterocycles. The normalized spacial score (nSPS) is 16.6. The third kappa shape index (κ3) is 4.49. The van der Waals surface area contributed by atoms with Crippen LogP contribution in [0.5, 0.6) is 5.75 Å². The van der Waals surface area contributed by atoms with Crippen molar-refractivity contribution in [2.45, 2.75) is 6.54 Å². The molecule has 0 aliphatic carbocycles. The Morgan fingerprint density at radius 2 is 2.05 bits per heavy atom. The molecule has 1 aromatic rings. The van der Waals surface area contributed by atoms with E-state index < -0.39 is 10.5 Å². The van der Waals surface area contributed by atoms with Crippen LogP contribution < -0.4 is 9.50 Å². The van der Waals surface area contributed by atoms with Crippen LogP contribution >= 0.6 is 0 Å². The fraction of sp³-hybridized carbons (Fsp3) is 0.385. The van der Waals surface area contributed by atoms with E-state index in [1.54, 1.807) is 6.07 Å². The van der Waals surface area contributed by atoms with Crippen molar-refractivity contribution in [3.8, 4) is 18.1 Å². The molecule has 5 nitrogen and oxygen atoms in total. The molecule has 0 spiro atoms. The molecule has 1 aliphatic rings. The van der Waals surface area contributed by atoms with E-state index in [1.165, 1.54) is 12.1 Å². The van der Waals surface area contributed by atoms with E-state index in [0.717, 1.165) is 31.7 Å². The monoisotopic (exact) mass is 298 g/mol. The number of hydrogen-bond donors (Lipinski definition) is 1. The van der Waals surface area contributed by atoms with Gasteiger partial charge in [-0.05, 0) is 23.8 Å². The maximum absolute atomic E-state index is 12.6. The number of nitrogens with zero attached hydrogens (tertiary/aromatic N) is 1. The Balaban J connectivity index is 2.19. The van der Waals surface area contributed by atoms with Crippen molar-refractivity contribution in [1.29, 1.82) is 0 Å². The number of hydrogen-bond acceptors (Lipinski definition) is 5. The Hall–Kier alpha value is -1.62. The third-order valence-electron chi connectivity index (χ3n) is 2.94. The summed E-state index contributed by atoms with van der Waals surface area (Å²) in [5, 5.41) is 3.24. The van der Waals surface area contributed by atoms with Crippen LogP contribution in [0.2, 0.25) is 0 Å². The first kappa shape index (κ1) is 14.8. The Morgan fingerprint density at radius 3 is 2.65 bits per heavy atom. The van der Waals surface area contributed by atoms with Crippen LogP contribution in [0.1, 0.15) is 11.1 Å². The largest absolute Gasteiger partial charge is 0.488 e. The van der Waals surface area contributed by atoms with E-state index in [1.807, 2.05) is 0 Å². The van der Waals surface area contributed by atoms with E-state index in [4.69, 9.17) is 6.42 Å². The first-order valence-electron chi connectivity index (χ1n) is 6.14. The van der Waals surface area contributed by atoms with Gasteiger partial charge in [0.15, 0.2) is 0 Å². The van der Waals surface area contributed by atoms with Crippen LogP contribution in [0.4, 0.5) is 3.89 Å². The zero-order valence-corrected chi connectivity index (χ0v) is 11.6. The minimum absolute atomic E-state index is 0.104. The molecule has 0 bridgehead atoms. The van der Waals surface area contributed by atoms with Crippen LogP contribution in [-0.4, -0.2) is 39.5 Å². The Labute approximate surface area is 118 Å². The number of terminal acetylenes is 1. The van der Waals surface area contributed by atoms with E-state index in [0.29, 0.717) is 12.1 Å². The van der Waals surface area contributed by atoms with Crippen molar-refractivity contribution < 1.29 is 16.5 Å². The van der Waals surface area contributed by atoms with Crippen molar-refractivity contribution >= 4 is 10.5 Å². The van der Waals surface area contributed by atoms with Crippen LogP contribution in [0.3, 0.4) is 0 Å². The molecule has 7 heteroatoms. The van der Waals surface area contributed by atoms with E-state index >= 15 is 0 Å². The second kappa shape index (κ2) is 6.22. The van der Waals surface area contributed by atoms with Gasteiger partial charge < -0.3 is 9.50 Å². The van der Waals surface area contributed by atoms with Gasteiger partial charge in [0.2, 0.25) is 0 Å². The number of rotatable bonds is 4. The predicted octanol–water partition coefficient (Wildman–Crippen LogP) is 0.666. The fourth-order valence-electron chi connectivity index (χ4n) is 2.13. The van der Waals surface area contributed by atoms with Gasteiger partial charge in [-0.2, -0.15) is 8.42 Å². The molecule has 2 rings (SSSR count). The zero-order valence-electron chi connectivity index (χ0n) is 10.8. The van der Waals surface area contributed by atoms with Crippen LogP contribution in [0, 0.1) is 12.3 Å². The molecule has 0 unspecified atom stereocenters. The lowest BCUT2D eigenvalue weighted by Gasteiger charge is -2.27. The minimum Gasteiger partial charge on any atom is -0.358 e. The molecule has 0 atom stereocenters. The summed E-state index contributed by atoms with van der Waals surface area (Å²) in [6.45, 7) is 4.18. The molecular weight excluding hydrogens is 283 g/mol. The lowest BCUT2D eigenvalue weighted by atomic mass is 10.1. The summed E-state index contributed by atoms with van der Waals surface area (Å²) in [7, 11) is -5.04. The highest BCUT2D eigenvalue weighted by Crippen LogP contribution is 2.20. The highest BCUT2D eigenvalue weighted by atomic mass is 32.3. The van der Waals surface area contributed by atoms with Crippen LogP contribution in [0.15, 0.2) is 18.2 Å². The van der Waals surface area contributed by atoms with Gasteiger partial charge in [-0.25, -0.2) is 0 Å². The maximum atomic E-state index is 12.6. The number of nitrogens with one attached hydrogen (secondary N) is 1. The summed E-state index contributed by atoms with van der Waals surface area (Å²) in [6, 6.07) is 4.57. The van der Waals surface area contributed by atoms with Crippen LogP contribution in [0.25, 0.3) is 0 Å². The molecule has 0 radical (unpaired) electrons. The average molecular weight is 298 g/mol. The highest BCUT2D eigenvalue weighted by molar-refractivity contribution is 7.81. The van der Waals surface area contributed by atoms with Crippen LogP contribution in [-0.2, 0) is 17.0 Å². The molecule has 20 heavy (non-hydrogen) atoms. The summed E-state index contributed by atoms with van der Waals surface area (Å²) in [5.41, 5.74) is 1.25. The SMILES string of the molecule is C#Cc1cc(CN2CCNCC2)cc(OS(=O)(=O)F)c1. The summed E-state index contributed by atoms with van der Waals surface area (Å²) < 4.78 is 37.9. The van der Waals surface area contributed by atoms with E-state index in [-0.39, 0.29) is 5.75 Å². The molecule has 1 aromatic carbocycles. The first-order valence-corrected chi connectivity index (χ1v) is 7.45. The molecule has 1 N–H and O–H groups in total. The summed E-state index contributed by atoms with van der Waals surface area (Å²) in [5.74, 6) is 2.30. The molecule has 1 heterocycles. The number of benzene rings is 1. The lowest BCUT2D eigenvalue weighted by Crippen LogP contribution is -2.42. The van der Waals surface area contributed by atoms with Crippen molar-refractivity contribution in [2.24, 2.45) is 0 Å². The third-order valence-corrected chi connectivity index (χ3v) is 3.34. The standard InChI is InChI=1S/C13H15FN2O3S/c1-2-11-7-12(10-16-5-3-15-4-6-16)9-13(8-11)19-20(14,17)18/h1,7-9,15H,3-6,10H2. The Bertz CT molecular complexity index is 619. The van der Waals surface area contributed by atoms with Gasteiger partial charge >= 0.3 is 10.5 Å². The minimum atomic E-state index is -5.04. The predicted molar refractivity (Wildman–Crippen MR) is 73.2 cm³/mol. The van der Waals surface area contributed by atoms with Crippen molar-refractivity contribution in [1.82, 2.24) is 10.2 Å². The van der Waals surface area contributed by atoms with Gasteiger partial charge in [0.1, 0.15) is 5.75 Å². The molecular formula is C13H15FN2O3S. The second-order valence-electron chi connectivity index (χ2n) is 4.51. The van der Waals surface area contributed by atoms with Crippen molar-refractivity contribution in [3.63, 3.8) is 0 Å². The van der Waals surface area contributed by atoms with Crippen molar-refractivity contribution in [2.75, 3.05) is 26.2 Å². The molecule has 1 saturated heterocycles. The molecule has 1 aliphatic heterocycles. The summed E-state index contributed by atoms with van der Waals surface area (Å²) in [4.78, 5) is 2.19. The lowest BCUT2D eigenvalue weighted by molar-refractivity contribution is 0.233. The van der Waals surface area contributed by atoms with E-state index in [2.05, 4.69) is 20.3 Å².